The fourth-order valence-corrected chi connectivity index (χ4v) is 2.14. The van der Waals surface area contributed by atoms with E-state index in [1.165, 1.54) is 0 Å². The molecule has 0 aliphatic heterocycles. The molecule has 0 bridgehead atoms. The summed E-state index contributed by atoms with van der Waals surface area (Å²) in [5.74, 6) is 0.911. The van der Waals surface area contributed by atoms with Crippen LogP contribution in [-0.2, 0) is 11.3 Å². The van der Waals surface area contributed by atoms with Gasteiger partial charge in [0.2, 0.25) is 5.91 Å². The van der Waals surface area contributed by atoms with Crippen LogP contribution in [0.4, 0.5) is 0 Å². The Morgan fingerprint density at radius 3 is 2.32 bits per heavy atom. The van der Waals surface area contributed by atoms with Gasteiger partial charge in [0.15, 0.2) is 5.11 Å². The van der Waals surface area contributed by atoms with Gasteiger partial charge >= 0.3 is 0 Å². The summed E-state index contributed by atoms with van der Waals surface area (Å²) in [4.78, 5) is 15.6. The summed E-state index contributed by atoms with van der Waals surface area (Å²) < 4.78 is 5.12. The quantitative estimate of drug-likeness (QED) is 0.776. The van der Waals surface area contributed by atoms with Crippen molar-refractivity contribution in [3.05, 3.63) is 29.8 Å². The van der Waals surface area contributed by atoms with Crippen LogP contribution in [0.2, 0.25) is 0 Å². The number of rotatable bonds is 7. The van der Waals surface area contributed by atoms with E-state index in [1.807, 2.05) is 45.2 Å². The highest BCUT2D eigenvalue weighted by Crippen LogP contribution is 2.11. The highest BCUT2D eigenvalue weighted by Gasteiger charge is 2.14. The maximum Gasteiger partial charge on any atom is 0.242 e. The van der Waals surface area contributed by atoms with Gasteiger partial charge in [-0.2, -0.15) is 0 Å². The SMILES string of the molecule is CCN(CC)C(=O)CN(C)C(=S)NCc1ccc(OC)cc1. The Hall–Kier alpha value is -1.82. The molecule has 0 radical (unpaired) electrons. The predicted molar refractivity (Wildman–Crippen MR) is 93.0 cm³/mol. The predicted octanol–water partition coefficient (Wildman–Crippen LogP) is 1.87. The van der Waals surface area contributed by atoms with Crippen molar-refractivity contribution in [2.24, 2.45) is 0 Å². The largest absolute Gasteiger partial charge is 0.497 e. The van der Waals surface area contributed by atoms with Crippen LogP contribution in [0.25, 0.3) is 0 Å². The molecule has 1 aromatic carbocycles. The molecule has 6 heteroatoms. The van der Waals surface area contributed by atoms with Crippen LogP contribution in [-0.4, -0.2) is 54.6 Å². The van der Waals surface area contributed by atoms with E-state index in [9.17, 15) is 4.79 Å². The third-order valence-corrected chi connectivity index (χ3v) is 3.89. The van der Waals surface area contributed by atoms with Gasteiger partial charge in [-0.1, -0.05) is 12.1 Å². The maximum atomic E-state index is 12.0. The minimum absolute atomic E-state index is 0.0843. The fraction of sp³-hybridized carbons (Fsp3) is 0.500. The lowest BCUT2D eigenvalue weighted by Gasteiger charge is -2.25. The van der Waals surface area contributed by atoms with Crippen LogP contribution < -0.4 is 10.1 Å². The Morgan fingerprint density at radius 1 is 1.23 bits per heavy atom. The molecule has 0 saturated carbocycles. The molecule has 0 aliphatic carbocycles. The number of methoxy groups -OCH3 is 1. The van der Waals surface area contributed by atoms with Gasteiger partial charge in [0, 0.05) is 26.7 Å². The van der Waals surface area contributed by atoms with Crippen LogP contribution in [0, 0.1) is 0 Å². The first kappa shape index (κ1) is 18.2. The van der Waals surface area contributed by atoms with Gasteiger partial charge in [0.1, 0.15) is 5.75 Å². The number of ether oxygens (including phenoxy) is 1. The Labute approximate surface area is 138 Å². The summed E-state index contributed by atoms with van der Waals surface area (Å²) in [6.45, 7) is 6.29. The standard InChI is InChI=1S/C16H25N3O2S/c1-5-19(6-2)15(20)12-18(3)16(22)17-11-13-7-9-14(21-4)10-8-13/h7-10H,5-6,11-12H2,1-4H3,(H,17,22). The van der Waals surface area contributed by atoms with Crippen molar-refractivity contribution in [2.75, 3.05) is 33.8 Å². The summed E-state index contributed by atoms with van der Waals surface area (Å²) >= 11 is 5.32. The molecule has 1 aromatic rings. The third-order valence-electron chi connectivity index (χ3n) is 3.44. The smallest absolute Gasteiger partial charge is 0.242 e. The fourth-order valence-electron chi connectivity index (χ4n) is 2.01. The number of nitrogens with one attached hydrogen (secondary N) is 1. The average molecular weight is 323 g/mol. The Balaban J connectivity index is 2.45. The van der Waals surface area contributed by atoms with E-state index in [-0.39, 0.29) is 12.5 Å². The van der Waals surface area contributed by atoms with Gasteiger partial charge in [-0.15, -0.1) is 0 Å². The van der Waals surface area contributed by atoms with Gasteiger partial charge in [0.05, 0.1) is 13.7 Å². The summed E-state index contributed by atoms with van der Waals surface area (Å²) in [5, 5.41) is 3.73. The van der Waals surface area contributed by atoms with Crippen molar-refractivity contribution in [2.45, 2.75) is 20.4 Å². The van der Waals surface area contributed by atoms with Gasteiger partial charge in [-0.25, -0.2) is 0 Å². The maximum absolute atomic E-state index is 12.0. The van der Waals surface area contributed by atoms with E-state index in [0.717, 1.165) is 24.4 Å². The molecule has 0 spiro atoms. The topological polar surface area (TPSA) is 44.8 Å². The average Bonchev–Trinajstić information content (AvgIpc) is 2.54. The number of thiocarbonyl (C=S) groups is 1. The van der Waals surface area contributed by atoms with Gasteiger partial charge in [-0.05, 0) is 43.8 Å². The normalized spacial score (nSPS) is 10.0. The molecule has 0 atom stereocenters. The molecular weight excluding hydrogens is 298 g/mol. The monoisotopic (exact) mass is 323 g/mol. The molecule has 0 unspecified atom stereocenters. The Kier molecular flexibility index (Phi) is 7.66. The summed E-state index contributed by atoms with van der Waals surface area (Å²) in [7, 11) is 3.47. The summed E-state index contributed by atoms with van der Waals surface area (Å²) in [5.41, 5.74) is 1.10. The lowest BCUT2D eigenvalue weighted by atomic mass is 10.2. The van der Waals surface area contributed by atoms with Crippen molar-refractivity contribution in [1.82, 2.24) is 15.1 Å². The molecule has 1 N–H and O–H groups in total. The van der Waals surface area contributed by atoms with Gasteiger partial charge in [0.25, 0.3) is 0 Å². The number of hydrogen-bond acceptors (Lipinski definition) is 3. The zero-order chi connectivity index (χ0) is 16.5. The molecule has 22 heavy (non-hydrogen) atoms. The third kappa shape index (κ3) is 5.52. The number of nitrogens with zero attached hydrogens (tertiary/aromatic N) is 2. The number of hydrogen-bond donors (Lipinski definition) is 1. The van der Waals surface area contributed by atoms with Crippen molar-refractivity contribution >= 4 is 23.2 Å². The molecule has 1 amide bonds. The highest BCUT2D eigenvalue weighted by atomic mass is 32.1. The molecule has 0 aromatic heterocycles. The zero-order valence-corrected chi connectivity index (χ0v) is 14.6. The van der Waals surface area contributed by atoms with Crippen molar-refractivity contribution in [3.8, 4) is 5.75 Å². The van der Waals surface area contributed by atoms with E-state index < -0.39 is 0 Å². The summed E-state index contributed by atoms with van der Waals surface area (Å²) in [6.07, 6.45) is 0. The number of amides is 1. The van der Waals surface area contributed by atoms with E-state index in [0.29, 0.717) is 11.7 Å². The van der Waals surface area contributed by atoms with Crippen LogP contribution in [0.5, 0.6) is 5.75 Å². The number of carbonyl (C=O) groups excluding carboxylic acids is 1. The molecule has 0 heterocycles. The van der Waals surface area contributed by atoms with Gasteiger partial charge in [-0.3, -0.25) is 4.79 Å². The minimum atomic E-state index is 0.0843. The molecule has 0 saturated heterocycles. The first-order valence-corrected chi connectivity index (χ1v) is 7.82. The Bertz CT molecular complexity index is 487. The van der Waals surface area contributed by atoms with E-state index in [1.54, 1.807) is 16.9 Å². The highest BCUT2D eigenvalue weighted by molar-refractivity contribution is 7.80. The lowest BCUT2D eigenvalue weighted by Crippen LogP contribution is -2.44. The van der Waals surface area contributed by atoms with E-state index in [2.05, 4.69) is 5.32 Å². The van der Waals surface area contributed by atoms with Crippen molar-refractivity contribution in [3.63, 3.8) is 0 Å². The van der Waals surface area contributed by atoms with Crippen LogP contribution in [0.1, 0.15) is 19.4 Å². The van der Waals surface area contributed by atoms with E-state index in [4.69, 9.17) is 17.0 Å². The first-order valence-electron chi connectivity index (χ1n) is 7.41. The van der Waals surface area contributed by atoms with Crippen molar-refractivity contribution < 1.29 is 9.53 Å². The zero-order valence-electron chi connectivity index (χ0n) is 13.8. The number of benzene rings is 1. The van der Waals surface area contributed by atoms with Gasteiger partial charge < -0.3 is 19.9 Å². The lowest BCUT2D eigenvalue weighted by molar-refractivity contribution is -0.130. The second kappa shape index (κ2) is 9.25. The second-order valence-electron chi connectivity index (χ2n) is 4.93. The molecule has 5 nitrogen and oxygen atoms in total. The second-order valence-corrected chi connectivity index (χ2v) is 5.32. The number of likely N-dealkylation sites (N-methyl/N-ethyl adjacent to an activating group) is 2. The number of carbonyl (C=O) groups is 1. The van der Waals surface area contributed by atoms with Crippen LogP contribution >= 0.6 is 12.2 Å². The molecule has 0 fully saturated rings. The van der Waals surface area contributed by atoms with E-state index >= 15 is 0 Å². The first-order chi connectivity index (χ1) is 10.5. The molecule has 122 valence electrons. The molecule has 0 aliphatic rings. The molecular formula is C16H25N3O2S. The molecule has 1 rings (SSSR count). The summed E-state index contributed by atoms with van der Waals surface area (Å²) in [6, 6.07) is 7.78. The van der Waals surface area contributed by atoms with Crippen LogP contribution in [0.3, 0.4) is 0 Å². The minimum Gasteiger partial charge on any atom is -0.497 e. The van der Waals surface area contributed by atoms with Crippen LogP contribution in [0.15, 0.2) is 24.3 Å². The Morgan fingerprint density at radius 2 is 1.82 bits per heavy atom. The van der Waals surface area contributed by atoms with Crippen molar-refractivity contribution in [1.29, 1.82) is 0 Å².